The summed E-state index contributed by atoms with van der Waals surface area (Å²) in [5.74, 6) is 1.41. The molecule has 1 rings (SSSR count). The van der Waals surface area contributed by atoms with E-state index in [-0.39, 0.29) is 12.6 Å². The molecule has 4 heteroatoms. The second-order valence-corrected chi connectivity index (χ2v) is 4.67. The third-order valence-corrected chi connectivity index (χ3v) is 2.84. The van der Waals surface area contributed by atoms with Crippen LogP contribution in [-0.2, 0) is 0 Å². The highest BCUT2D eigenvalue weighted by Crippen LogP contribution is 2.20. The molecule has 1 aromatic heterocycles. The van der Waals surface area contributed by atoms with Gasteiger partial charge in [0, 0.05) is 6.61 Å². The number of hydrogen-bond acceptors (Lipinski definition) is 3. The predicted octanol–water partition coefficient (Wildman–Crippen LogP) is 2.71. The Bertz CT molecular complexity index is 288. The van der Waals surface area contributed by atoms with Gasteiger partial charge >= 0.3 is 0 Å². The zero-order valence-electron chi connectivity index (χ0n) is 9.16. The molecule has 0 bridgehead atoms. The van der Waals surface area contributed by atoms with Gasteiger partial charge in [-0.05, 0) is 53.9 Å². The van der Waals surface area contributed by atoms with Crippen molar-refractivity contribution in [3.63, 3.8) is 0 Å². The molecule has 0 aliphatic carbocycles. The topological polar surface area (TPSA) is 45.4 Å². The molecule has 0 fully saturated rings. The molecular weight excluding hydrogens is 258 g/mol. The first kappa shape index (κ1) is 12.7. The molecule has 0 saturated heterocycles. The molecule has 0 spiro atoms. The zero-order chi connectivity index (χ0) is 11.3. The Balaban J connectivity index is 2.33. The maximum atomic E-state index is 8.77. The maximum Gasteiger partial charge on any atom is 0.169 e. The van der Waals surface area contributed by atoms with Gasteiger partial charge in [-0.25, -0.2) is 0 Å². The van der Waals surface area contributed by atoms with Crippen LogP contribution in [0.5, 0.6) is 0 Å². The van der Waals surface area contributed by atoms with Gasteiger partial charge in [0.15, 0.2) is 4.67 Å². The van der Waals surface area contributed by atoms with E-state index < -0.39 is 0 Å². The zero-order valence-corrected chi connectivity index (χ0v) is 10.8. The van der Waals surface area contributed by atoms with Crippen molar-refractivity contribution in [3.05, 3.63) is 22.6 Å². The second kappa shape index (κ2) is 6.30. The molecule has 0 aliphatic rings. The molecular formula is C11H18BrNO2. The van der Waals surface area contributed by atoms with E-state index in [9.17, 15) is 0 Å². The lowest BCUT2D eigenvalue weighted by molar-refractivity contribution is 0.257. The fraction of sp³-hybridized carbons (Fsp3) is 0.636. The number of halogens is 1. The fourth-order valence-corrected chi connectivity index (χ4v) is 1.68. The minimum atomic E-state index is 0.206. The summed E-state index contributed by atoms with van der Waals surface area (Å²) >= 11 is 3.28. The smallest absolute Gasteiger partial charge is 0.169 e. The van der Waals surface area contributed by atoms with Gasteiger partial charge in [-0.1, -0.05) is 6.92 Å². The molecule has 0 radical (unpaired) electrons. The first-order valence-corrected chi connectivity index (χ1v) is 6.02. The minimum absolute atomic E-state index is 0.206. The normalized spacial score (nSPS) is 15.2. The van der Waals surface area contributed by atoms with Crippen LogP contribution in [0.2, 0.25) is 0 Å². The Kier molecular flexibility index (Phi) is 5.36. The Morgan fingerprint density at radius 1 is 1.47 bits per heavy atom. The predicted molar refractivity (Wildman–Crippen MR) is 63.7 cm³/mol. The lowest BCUT2D eigenvalue weighted by Gasteiger charge is -2.15. The summed E-state index contributed by atoms with van der Waals surface area (Å²) in [6.45, 7) is 5.33. The van der Waals surface area contributed by atoms with Crippen molar-refractivity contribution in [1.82, 2.24) is 5.32 Å². The molecule has 0 amide bonds. The summed E-state index contributed by atoms with van der Waals surface area (Å²) in [4.78, 5) is 0. The van der Waals surface area contributed by atoms with Crippen molar-refractivity contribution in [2.75, 3.05) is 13.2 Å². The van der Waals surface area contributed by atoms with Gasteiger partial charge in [0.25, 0.3) is 0 Å². The molecule has 0 aromatic carbocycles. The summed E-state index contributed by atoms with van der Waals surface area (Å²) in [6.07, 6.45) is 0.835. The van der Waals surface area contributed by atoms with Gasteiger partial charge in [-0.3, -0.25) is 0 Å². The summed E-state index contributed by atoms with van der Waals surface area (Å²) in [7, 11) is 0. The molecule has 0 saturated carbocycles. The minimum Gasteiger partial charge on any atom is -0.453 e. The van der Waals surface area contributed by atoms with Gasteiger partial charge in [-0.2, -0.15) is 0 Å². The first-order chi connectivity index (χ1) is 7.13. The lowest BCUT2D eigenvalue weighted by atomic mass is 10.1. The Labute approximate surface area is 99.0 Å². The molecule has 2 atom stereocenters. The van der Waals surface area contributed by atoms with Crippen LogP contribution in [-0.4, -0.2) is 18.3 Å². The largest absolute Gasteiger partial charge is 0.453 e. The van der Waals surface area contributed by atoms with Gasteiger partial charge in [-0.15, -0.1) is 0 Å². The van der Waals surface area contributed by atoms with Crippen molar-refractivity contribution in [3.8, 4) is 0 Å². The average Bonchev–Trinajstić information content (AvgIpc) is 2.62. The number of nitrogens with one attached hydrogen (secondary N) is 1. The van der Waals surface area contributed by atoms with Gasteiger partial charge in [0.2, 0.25) is 0 Å². The molecule has 1 aromatic rings. The molecule has 86 valence electrons. The third-order valence-electron chi connectivity index (χ3n) is 2.42. The van der Waals surface area contributed by atoms with E-state index in [1.54, 1.807) is 0 Å². The standard InChI is InChI=1S/C11H18BrNO2/c1-8(5-6-14)7-13-9(2)10-3-4-11(12)15-10/h3-4,8-9,13-14H,5-7H2,1-2H3. The second-order valence-electron chi connectivity index (χ2n) is 3.89. The lowest BCUT2D eigenvalue weighted by Crippen LogP contribution is -2.24. The van der Waals surface area contributed by atoms with Crippen LogP contribution in [0.4, 0.5) is 0 Å². The summed E-state index contributed by atoms with van der Waals surface area (Å²) in [5.41, 5.74) is 0. The Hall–Kier alpha value is -0.320. The number of hydrogen-bond donors (Lipinski definition) is 2. The molecule has 2 N–H and O–H groups in total. The third kappa shape index (κ3) is 4.36. The van der Waals surface area contributed by atoms with E-state index in [2.05, 4.69) is 35.1 Å². The van der Waals surface area contributed by atoms with E-state index in [4.69, 9.17) is 9.52 Å². The molecule has 15 heavy (non-hydrogen) atoms. The average molecular weight is 276 g/mol. The molecule has 1 heterocycles. The van der Waals surface area contributed by atoms with E-state index in [0.29, 0.717) is 5.92 Å². The van der Waals surface area contributed by atoms with Crippen LogP contribution < -0.4 is 5.32 Å². The van der Waals surface area contributed by atoms with E-state index in [1.165, 1.54) is 0 Å². The molecule has 2 unspecified atom stereocenters. The quantitative estimate of drug-likeness (QED) is 0.839. The van der Waals surface area contributed by atoms with Crippen molar-refractivity contribution in [2.45, 2.75) is 26.3 Å². The van der Waals surface area contributed by atoms with Crippen LogP contribution in [0.1, 0.15) is 32.1 Å². The van der Waals surface area contributed by atoms with Gasteiger partial charge in [0.1, 0.15) is 5.76 Å². The van der Waals surface area contributed by atoms with Crippen molar-refractivity contribution >= 4 is 15.9 Å². The fourth-order valence-electron chi connectivity index (χ4n) is 1.36. The summed E-state index contributed by atoms with van der Waals surface area (Å²) in [6, 6.07) is 4.06. The van der Waals surface area contributed by atoms with Gasteiger partial charge < -0.3 is 14.8 Å². The van der Waals surface area contributed by atoms with Crippen molar-refractivity contribution < 1.29 is 9.52 Å². The van der Waals surface area contributed by atoms with Crippen LogP contribution in [0.15, 0.2) is 21.2 Å². The monoisotopic (exact) mass is 275 g/mol. The van der Waals surface area contributed by atoms with Crippen molar-refractivity contribution in [1.29, 1.82) is 0 Å². The number of rotatable bonds is 6. The van der Waals surface area contributed by atoms with Crippen LogP contribution in [0, 0.1) is 5.92 Å². The van der Waals surface area contributed by atoms with Crippen LogP contribution in [0.3, 0.4) is 0 Å². The number of aliphatic hydroxyl groups excluding tert-OH is 1. The number of aliphatic hydroxyl groups is 1. The summed E-state index contributed by atoms with van der Waals surface area (Å²) < 4.78 is 6.20. The SMILES string of the molecule is CC(CCO)CNC(C)c1ccc(Br)o1. The van der Waals surface area contributed by atoms with Crippen molar-refractivity contribution in [2.24, 2.45) is 5.92 Å². The van der Waals surface area contributed by atoms with E-state index >= 15 is 0 Å². The highest BCUT2D eigenvalue weighted by atomic mass is 79.9. The molecule has 0 aliphatic heterocycles. The van der Waals surface area contributed by atoms with E-state index in [1.807, 2.05) is 12.1 Å². The highest BCUT2D eigenvalue weighted by molar-refractivity contribution is 9.10. The van der Waals surface area contributed by atoms with E-state index in [0.717, 1.165) is 23.4 Å². The Morgan fingerprint density at radius 3 is 2.73 bits per heavy atom. The van der Waals surface area contributed by atoms with Crippen LogP contribution in [0.25, 0.3) is 0 Å². The highest BCUT2D eigenvalue weighted by Gasteiger charge is 2.10. The Morgan fingerprint density at radius 2 is 2.20 bits per heavy atom. The maximum absolute atomic E-state index is 8.77. The van der Waals surface area contributed by atoms with Crippen LogP contribution >= 0.6 is 15.9 Å². The first-order valence-electron chi connectivity index (χ1n) is 5.23. The number of furan rings is 1. The summed E-state index contributed by atoms with van der Waals surface area (Å²) in [5, 5.41) is 12.1. The molecule has 3 nitrogen and oxygen atoms in total. The van der Waals surface area contributed by atoms with Gasteiger partial charge in [0.05, 0.1) is 6.04 Å².